The maximum atomic E-state index is 12.0. The Balaban J connectivity index is 1.96. The van der Waals surface area contributed by atoms with Crippen LogP contribution in [0.2, 0.25) is 0 Å². The van der Waals surface area contributed by atoms with Crippen LogP contribution >= 0.6 is 0 Å². The van der Waals surface area contributed by atoms with E-state index in [1.807, 2.05) is 6.92 Å². The summed E-state index contributed by atoms with van der Waals surface area (Å²) in [6.45, 7) is 6.19. The van der Waals surface area contributed by atoms with E-state index in [0.717, 1.165) is 4.90 Å². The van der Waals surface area contributed by atoms with E-state index in [9.17, 15) is 33.9 Å². The van der Waals surface area contributed by atoms with E-state index < -0.39 is 36.1 Å². The fourth-order valence-electron chi connectivity index (χ4n) is 3.99. The van der Waals surface area contributed by atoms with Gasteiger partial charge < -0.3 is 44.7 Å². The Morgan fingerprint density at radius 2 is 1.40 bits per heavy atom. The molecular formula is C29H50N4O12. The number of aliphatic hydroxyl groups is 1. The standard InChI is InChI=1S/C29H50N4O12/c1-5-22(18-34)45-27(41-4)19-44-26(38)8-6-7-23(35)30-10-11-31-24(36)9-13-42-15-16-43-14-12-32-25(37)17-33-28(39)20(2)21(3)29(33)40/h20-22,27,34H,5-19H2,1-4H3,(H,30,35)(H,31,36)(H,32,37). The number of rotatable bonds is 25. The summed E-state index contributed by atoms with van der Waals surface area (Å²) in [7, 11) is 1.41. The highest BCUT2D eigenvalue weighted by Crippen LogP contribution is 2.24. The molecule has 1 rings (SSSR count). The first-order chi connectivity index (χ1) is 21.5. The van der Waals surface area contributed by atoms with E-state index in [1.54, 1.807) is 13.8 Å². The Bertz CT molecular complexity index is 926. The zero-order chi connectivity index (χ0) is 33.6. The molecule has 0 spiro atoms. The Hall–Kier alpha value is -3.18. The van der Waals surface area contributed by atoms with Gasteiger partial charge in [-0.15, -0.1) is 0 Å². The molecule has 1 heterocycles. The van der Waals surface area contributed by atoms with Gasteiger partial charge in [0.1, 0.15) is 13.2 Å². The normalized spacial score (nSPS) is 17.6. The van der Waals surface area contributed by atoms with Crippen LogP contribution in [-0.4, -0.2) is 131 Å². The minimum atomic E-state index is -0.785. The molecule has 0 radical (unpaired) electrons. The molecule has 1 saturated heterocycles. The minimum Gasteiger partial charge on any atom is -0.460 e. The van der Waals surface area contributed by atoms with Gasteiger partial charge in [-0.2, -0.15) is 0 Å². The Labute approximate surface area is 264 Å². The number of methoxy groups -OCH3 is 1. The Kier molecular flexibility index (Phi) is 20.5. The summed E-state index contributed by atoms with van der Waals surface area (Å²) in [6, 6.07) is 0. The number of amides is 5. The molecule has 4 unspecified atom stereocenters. The van der Waals surface area contributed by atoms with Crippen molar-refractivity contribution in [1.29, 1.82) is 0 Å². The second-order valence-electron chi connectivity index (χ2n) is 10.4. The number of ether oxygens (including phenoxy) is 5. The molecule has 4 N–H and O–H groups in total. The van der Waals surface area contributed by atoms with Gasteiger partial charge in [-0.3, -0.25) is 33.7 Å². The van der Waals surface area contributed by atoms with E-state index in [-0.39, 0.29) is 109 Å². The van der Waals surface area contributed by atoms with Crippen molar-refractivity contribution in [3.63, 3.8) is 0 Å². The lowest BCUT2D eigenvalue weighted by Crippen LogP contribution is -2.41. The van der Waals surface area contributed by atoms with Crippen molar-refractivity contribution >= 4 is 35.5 Å². The van der Waals surface area contributed by atoms with Gasteiger partial charge in [-0.1, -0.05) is 20.8 Å². The second-order valence-corrected chi connectivity index (χ2v) is 10.4. The number of hydrogen-bond donors (Lipinski definition) is 4. The van der Waals surface area contributed by atoms with E-state index in [0.29, 0.717) is 12.8 Å². The highest BCUT2D eigenvalue weighted by Gasteiger charge is 2.42. The number of carbonyl (C=O) groups is 6. The van der Waals surface area contributed by atoms with Crippen molar-refractivity contribution in [2.75, 3.05) is 72.9 Å². The molecule has 0 bridgehead atoms. The lowest BCUT2D eigenvalue weighted by Gasteiger charge is -2.21. The van der Waals surface area contributed by atoms with Crippen LogP contribution in [0, 0.1) is 11.8 Å². The predicted molar refractivity (Wildman–Crippen MR) is 158 cm³/mol. The topological polar surface area (TPSA) is 208 Å². The monoisotopic (exact) mass is 646 g/mol. The molecule has 4 atom stereocenters. The minimum absolute atomic E-state index is 0.0451. The third kappa shape index (κ3) is 16.6. The van der Waals surface area contributed by atoms with Crippen LogP contribution in [0.15, 0.2) is 0 Å². The summed E-state index contributed by atoms with van der Waals surface area (Å²) >= 11 is 0. The average molecular weight is 647 g/mol. The molecule has 0 saturated carbocycles. The fraction of sp³-hybridized carbons (Fsp3) is 0.793. The van der Waals surface area contributed by atoms with Gasteiger partial charge in [0, 0.05) is 57.8 Å². The van der Waals surface area contributed by atoms with E-state index in [2.05, 4.69) is 16.0 Å². The van der Waals surface area contributed by atoms with Crippen LogP contribution in [0.3, 0.4) is 0 Å². The number of hydrogen-bond acceptors (Lipinski definition) is 12. The van der Waals surface area contributed by atoms with Gasteiger partial charge in [-0.25, -0.2) is 0 Å². The summed E-state index contributed by atoms with van der Waals surface area (Å²) in [4.78, 5) is 72.8. The first kappa shape index (κ1) is 39.8. The van der Waals surface area contributed by atoms with Crippen LogP contribution in [0.4, 0.5) is 0 Å². The van der Waals surface area contributed by atoms with Gasteiger partial charge in [0.05, 0.1) is 39.1 Å². The molecule has 0 aromatic rings. The molecule has 5 amide bonds. The Morgan fingerprint density at radius 3 is 1.98 bits per heavy atom. The number of nitrogens with one attached hydrogen (secondary N) is 3. The summed E-state index contributed by atoms with van der Waals surface area (Å²) in [5.41, 5.74) is 0. The summed E-state index contributed by atoms with van der Waals surface area (Å²) in [6.07, 6.45) is -0.0232. The molecule has 0 aromatic heterocycles. The smallest absolute Gasteiger partial charge is 0.305 e. The van der Waals surface area contributed by atoms with Crippen LogP contribution < -0.4 is 16.0 Å². The third-order valence-electron chi connectivity index (χ3n) is 6.98. The largest absolute Gasteiger partial charge is 0.460 e. The first-order valence-corrected chi connectivity index (χ1v) is 15.3. The summed E-state index contributed by atoms with van der Waals surface area (Å²) < 4.78 is 26.3. The molecule has 0 aliphatic carbocycles. The fourth-order valence-corrected chi connectivity index (χ4v) is 3.99. The Morgan fingerprint density at radius 1 is 0.822 bits per heavy atom. The first-order valence-electron chi connectivity index (χ1n) is 15.3. The molecule has 258 valence electrons. The predicted octanol–water partition coefficient (Wildman–Crippen LogP) is -1.13. The van der Waals surface area contributed by atoms with Crippen LogP contribution in [-0.2, 0) is 52.5 Å². The average Bonchev–Trinajstić information content (AvgIpc) is 3.20. The number of carbonyl (C=O) groups excluding carboxylic acids is 6. The maximum absolute atomic E-state index is 12.0. The molecule has 16 nitrogen and oxygen atoms in total. The van der Waals surface area contributed by atoms with Gasteiger partial charge in [0.15, 0.2) is 6.29 Å². The molecular weight excluding hydrogens is 596 g/mol. The number of imide groups is 1. The number of nitrogens with zero attached hydrogens (tertiary/aromatic N) is 1. The zero-order valence-electron chi connectivity index (χ0n) is 26.8. The van der Waals surface area contributed by atoms with Gasteiger partial charge in [0.2, 0.25) is 29.5 Å². The molecule has 1 aliphatic rings. The SMILES string of the molecule is CCC(CO)OC(COC(=O)CCCC(=O)NCCNC(=O)CCOCCOCCNC(=O)CN1C(=O)C(C)C(C)C1=O)OC. The van der Waals surface area contributed by atoms with Crippen molar-refractivity contribution in [1.82, 2.24) is 20.9 Å². The van der Waals surface area contributed by atoms with Crippen molar-refractivity contribution < 1.29 is 57.6 Å². The highest BCUT2D eigenvalue weighted by atomic mass is 16.7. The number of esters is 1. The number of likely N-dealkylation sites (tertiary alicyclic amines) is 1. The lowest BCUT2D eigenvalue weighted by atomic mass is 10.00. The van der Waals surface area contributed by atoms with Crippen molar-refractivity contribution in [3.8, 4) is 0 Å². The summed E-state index contributed by atoms with van der Waals surface area (Å²) in [5.74, 6) is -2.96. The van der Waals surface area contributed by atoms with Crippen LogP contribution in [0.25, 0.3) is 0 Å². The summed E-state index contributed by atoms with van der Waals surface area (Å²) in [5, 5.41) is 17.1. The van der Waals surface area contributed by atoms with E-state index >= 15 is 0 Å². The second kappa shape index (κ2) is 23.2. The van der Waals surface area contributed by atoms with E-state index in [1.165, 1.54) is 7.11 Å². The molecule has 16 heteroatoms. The molecule has 0 aromatic carbocycles. The molecule has 1 fully saturated rings. The third-order valence-corrected chi connectivity index (χ3v) is 6.98. The van der Waals surface area contributed by atoms with E-state index in [4.69, 9.17) is 23.7 Å². The maximum Gasteiger partial charge on any atom is 0.305 e. The van der Waals surface area contributed by atoms with Crippen molar-refractivity contribution in [2.45, 2.75) is 65.3 Å². The zero-order valence-corrected chi connectivity index (χ0v) is 26.8. The van der Waals surface area contributed by atoms with Crippen molar-refractivity contribution in [2.24, 2.45) is 11.8 Å². The van der Waals surface area contributed by atoms with Crippen molar-refractivity contribution in [3.05, 3.63) is 0 Å². The lowest BCUT2D eigenvalue weighted by molar-refractivity contribution is -0.194. The van der Waals surface area contributed by atoms with Crippen LogP contribution in [0.1, 0.15) is 52.9 Å². The quantitative estimate of drug-likeness (QED) is 0.0402. The van der Waals surface area contributed by atoms with Gasteiger partial charge in [-0.05, 0) is 12.8 Å². The highest BCUT2D eigenvalue weighted by molar-refractivity contribution is 6.06. The van der Waals surface area contributed by atoms with Gasteiger partial charge >= 0.3 is 5.97 Å². The molecule has 45 heavy (non-hydrogen) atoms. The molecule has 1 aliphatic heterocycles. The van der Waals surface area contributed by atoms with Crippen LogP contribution in [0.5, 0.6) is 0 Å². The number of aliphatic hydroxyl groups excluding tert-OH is 1. The van der Waals surface area contributed by atoms with Gasteiger partial charge in [0.25, 0.3) is 0 Å².